The fourth-order valence-electron chi connectivity index (χ4n) is 0.196. The van der Waals surface area contributed by atoms with Gasteiger partial charge >= 0.3 is 6.39 Å². The SMILES string of the molecule is [Ca].[OH-].c1coc[nH+]1. The molecule has 4 heteroatoms. The average molecular weight is 127 g/mol. The van der Waals surface area contributed by atoms with Crippen LogP contribution in [0.1, 0.15) is 0 Å². The van der Waals surface area contributed by atoms with E-state index in [0.717, 1.165) is 0 Å². The second-order valence-electron chi connectivity index (χ2n) is 0.723. The van der Waals surface area contributed by atoms with Gasteiger partial charge in [0.25, 0.3) is 0 Å². The largest absolute Gasteiger partial charge is 0.870 e. The zero-order valence-corrected chi connectivity index (χ0v) is 6.00. The van der Waals surface area contributed by atoms with Gasteiger partial charge in [0.15, 0.2) is 6.26 Å². The summed E-state index contributed by atoms with van der Waals surface area (Å²) in [6.45, 7) is 0. The van der Waals surface area contributed by atoms with Gasteiger partial charge in [-0.15, -0.1) is 0 Å². The van der Waals surface area contributed by atoms with Crippen LogP contribution in [0.5, 0.6) is 0 Å². The van der Waals surface area contributed by atoms with Crippen molar-refractivity contribution in [1.29, 1.82) is 0 Å². The van der Waals surface area contributed by atoms with Crippen LogP contribution in [-0.4, -0.2) is 43.2 Å². The minimum atomic E-state index is 0. The fourth-order valence-corrected chi connectivity index (χ4v) is 0.196. The molecule has 0 spiro atoms. The summed E-state index contributed by atoms with van der Waals surface area (Å²) in [7, 11) is 0. The van der Waals surface area contributed by atoms with E-state index in [9.17, 15) is 0 Å². The molecule has 0 bridgehead atoms. The molecule has 2 N–H and O–H groups in total. The predicted octanol–water partition coefficient (Wildman–Crippen LogP) is -0.464. The Labute approximate surface area is 71.0 Å². The third-order valence-corrected chi connectivity index (χ3v) is 0.379. The quantitative estimate of drug-likeness (QED) is 0.442. The van der Waals surface area contributed by atoms with E-state index >= 15 is 0 Å². The summed E-state index contributed by atoms with van der Waals surface area (Å²) in [5, 5.41) is 0. The van der Waals surface area contributed by atoms with Crippen molar-refractivity contribution >= 4 is 37.7 Å². The molecule has 0 unspecified atom stereocenters. The first-order valence-corrected chi connectivity index (χ1v) is 1.38. The molecule has 0 amide bonds. The third-order valence-electron chi connectivity index (χ3n) is 0.379. The zero-order chi connectivity index (χ0) is 3.54. The third kappa shape index (κ3) is 4.28. The first-order chi connectivity index (χ1) is 2.50. The van der Waals surface area contributed by atoms with Gasteiger partial charge in [0.2, 0.25) is 6.20 Å². The molecule has 0 aliphatic carbocycles. The van der Waals surface area contributed by atoms with Crippen molar-refractivity contribution in [2.45, 2.75) is 0 Å². The van der Waals surface area contributed by atoms with Gasteiger partial charge in [-0.25, -0.2) is 0 Å². The first kappa shape index (κ1) is 10.4. The molecule has 1 aromatic heterocycles. The Morgan fingerprint density at radius 1 is 1.43 bits per heavy atom. The summed E-state index contributed by atoms with van der Waals surface area (Å²) < 4.78 is 4.53. The maximum Gasteiger partial charge on any atom is 0.332 e. The van der Waals surface area contributed by atoms with Crippen LogP contribution in [0.15, 0.2) is 23.3 Å². The van der Waals surface area contributed by atoms with E-state index in [4.69, 9.17) is 0 Å². The Balaban J connectivity index is 0. The van der Waals surface area contributed by atoms with Gasteiger partial charge in [-0.3, -0.25) is 0 Å². The van der Waals surface area contributed by atoms with Crippen LogP contribution >= 0.6 is 0 Å². The predicted molar refractivity (Wildman–Crippen MR) is 23.0 cm³/mol. The number of hydrogen-bond donors (Lipinski definition) is 0. The number of oxazole rings is 1. The summed E-state index contributed by atoms with van der Waals surface area (Å²) in [5.74, 6) is 0. The van der Waals surface area contributed by atoms with Crippen molar-refractivity contribution in [1.82, 2.24) is 0 Å². The average Bonchev–Trinajstić information content (AvgIpc) is 1.76. The van der Waals surface area contributed by atoms with Crippen LogP contribution in [0.25, 0.3) is 0 Å². The van der Waals surface area contributed by atoms with Crippen molar-refractivity contribution < 1.29 is 14.9 Å². The standard InChI is InChI=1S/C3H3NO.Ca.H2O/c1-2-5-3-4-1;;/h1-3H;;1H2. The molecule has 1 rings (SSSR count). The van der Waals surface area contributed by atoms with Crippen LogP contribution in [0.2, 0.25) is 0 Å². The maximum absolute atomic E-state index is 4.53. The maximum atomic E-state index is 4.53. The second kappa shape index (κ2) is 6.43. The molecule has 0 saturated heterocycles. The van der Waals surface area contributed by atoms with Crippen molar-refractivity contribution in [3.8, 4) is 0 Å². The van der Waals surface area contributed by atoms with Crippen molar-refractivity contribution in [3.05, 3.63) is 18.9 Å². The molecular weight excluding hydrogens is 122 g/mol. The van der Waals surface area contributed by atoms with Crippen molar-refractivity contribution in [2.75, 3.05) is 0 Å². The number of aromatic nitrogens is 1. The van der Waals surface area contributed by atoms with E-state index in [1.54, 1.807) is 12.5 Å². The van der Waals surface area contributed by atoms with Gasteiger partial charge in [0, 0.05) is 37.7 Å². The van der Waals surface area contributed by atoms with Gasteiger partial charge in [0.05, 0.1) is 0 Å². The Hall–Kier alpha value is 0.430. The molecule has 36 valence electrons. The first-order valence-electron chi connectivity index (χ1n) is 1.38. The number of H-pyrrole nitrogens is 1. The zero-order valence-electron chi connectivity index (χ0n) is 3.79. The normalized spacial score (nSPS) is 5.71. The van der Waals surface area contributed by atoms with E-state index in [1.165, 1.54) is 6.39 Å². The number of aromatic amines is 1. The summed E-state index contributed by atoms with van der Waals surface area (Å²) in [4.78, 5) is 2.69. The van der Waals surface area contributed by atoms with Gasteiger partial charge < -0.3 is 9.89 Å². The molecule has 7 heavy (non-hydrogen) atoms. The molecule has 3 nitrogen and oxygen atoms in total. The molecule has 1 aromatic rings. The molecule has 0 atom stereocenters. The van der Waals surface area contributed by atoms with E-state index in [1.807, 2.05) is 0 Å². The Kier molecular flexibility index (Phi) is 9.57. The molecule has 2 radical (unpaired) electrons. The van der Waals surface area contributed by atoms with Crippen LogP contribution in [0, 0.1) is 0 Å². The Bertz CT molecular complexity index is 69.4. The van der Waals surface area contributed by atoms with Gasteiger partial charge in [-0.05, 0) is 0 Å². The van der Waals surface area contributed by atoms with Crippen LogP contribution in [0.3, 0.4) is 0 Å². The van der Waals surface area contributed by atoms with E-state index in [0.29, 0.717) is 0 Å². The summed E-state index contributed by atoms with van der Waals surface area (Å²) in [6.07, 6.45) is 4.78. The summed E-state index contributed by atoms with van der Waals surface area (Å²) >= 11 is 0. The molecule has 0 fully saturated rings. The number of hydrogen-bond acceptors (Lipinski definition) is 2. The van der Waals surface area contributed by atoms with Crippen LogP contribution in [-0.2, 0) is 0 Å². The van der Waals surface area contributed by atoms with Gasteiger partial charge in [-0.2, -0.15) is 4.98 Å². The monoisotopic (exact) mass is 127 g/mol. The summed E-state index contributed by atoms with van der Waals surface area (Å²) in [6, 6.07) is 0. The van der Waals surface area contributed by atoms with E-state index in [-0.39, 0.29) is 43.2 Å². The smallest absolute Gasteiger partial charge is 0.332 e. The number of rotatable bonds is 0. The molecular formula is C3H5CaNO2. The van der Waals surface area contributed by atoms with Crippen LogP contribution < -0.4 is 4.98 Å². The van der Waals surface area contributed by atoms with E-state index in [2.05, 4.69) is 9.40 Å². The number of nitrogens with one attached hydrogen (secondary N) is 1. The fraction of sp³-hybridized carbons (Fsp3) is 0. The van der Waals surface area contributed by atoms with Crippen molar-refractivity contribution in [3.63, 3.8) is 0 Å². The molecule has 0 saturated carbocycles. The van der Waals surface area contributed by atoms with Crippen molar-refractivity contribution in [2.24, 2.45) is 0 Å². The molecule has 0 aromatic carbocycles. The van der Waals surface area contributed by atoms with E-state index < -0.39 is 0 Å². The Morgan fingerprint density at radius 3 is 2.29 bits per heavy atom. The van der Waals surface area contributed by atoms with Crippen LogP contribution in [0.4, 0.5) is 0 Å². The minimum absolute atomic E-state index is 0. The summed E-state index contributed by atoms with van der Waals surface area (Å²) in [5.41, 5.74) is 0. The topological polar surface area (TPSA) is 57.3 Å². The molecule has 0 aliphatic heterocycles. The molecule has 0 aliphatic rings. The van der Waals surface area contributed by atoms with Gasteiger partial charge in [-0.1, -0.05) is 0 Å². The molecule has 1 heterocycles. The minimum Gasteiger partial charge on any atom is -0.870 e. The van der Waals surface area contributed by atoms with Gasteiger partial charge in [0.1, 0.15) is 0 Å². The second-order valence-corrected chi connectivity index (χ2v) is 0.723. The Morgan fingerprint density at radius 2 is 2.14 bits per heavy atom.